The minimum absolute atomic E-state index is 0.0652. The number of benzene rings is 2. The van der Waals surface area contributed by atoms with Crippen LogP contribution in [0.2, 0.25) is 0 Å². The number of aryl methyl sites for hydroxylation is 2. The first-order chi connectivity index (χ1) is 9.88. The molecule has 0 unspecified atom stereocenters. The Hall–Kier alpha value is -2.01. The Kier molecular flexibility index (Phi) is 4.53. The van der Waals surface area contributed by atoms with E-state index < -0.39 is 9.84 Å². The van der Waals surface area contributed by atoms with Crippen LogP contribution in [0.4, 0.5) is 5.69 Å². The third kappa shape index (κ3) is 3.98. The summed E-state index contributed by atoms with van der Waals surface area (Å²) in [5, 5.41) is 0. The number of hydrogen-bond acceptors (Lipinski definition) is 4. The third-order valence-corrected chi connectivity index (χ3v) is 4.89. The Morgan fingerprint density at radius 2 is 1.71 bits per heavy atom. The van der Waals surface area contributed by atoms with Crippen LogP contribution in [0, 0.1) is 13.8 Å². The molecule has 112 valence electrons. The zero-order valence-corrected chi connectivity index (χ0v) is 13.0. The standard InChI is InChI=1S/C16H19NO3S/c1-12-3-4-13(2)16(11-12)20-9-10-21(18,19)15-7-5-14(17)6-8-15/h3-8,11H,9-10,17H2,1-2H3. The van der Waals surface area contributed by atoms with Gasteiger partial charge < -0.3 is 10.5 Å². The molecule has 4 nitrogen and oxygen atoms in total. The normalized spacial score (nSPS) is 11.3. The van der Waals surface area contributed by atoms with Crippen LogP contribution in [0.3, 0.4) is 0 Å². The average molecular weight is 305 g/mol. The van der Waals surface area contributed by atoms with Crippen molar-refractivity contribution in [3.05, 3.63) is 53.6 Å². The lowest BCUT2D eigenvalue weighted by Crippen LogP contribution is -2.14. The molecule has 2 N–H and O–H groups in total. The van der Waals surface area contributed by atoms with Crippen LogP contribution in [-0.2, 0) is 9.84 Å². The molecular formula is C16H19NO3S. The number of ether oxygens (including phenoxy) is 1. The Labute approximate surface area is 125 Å². The van der Waals surface area contributed by atoms with Gasteiger partial charge in [0.05, 0.1) is 10.6 Å². The van der Waals surface area contributed by atoms with Crippen LogP contribution in [-0.4, -0.2) is 20.8 Å². The lowest BCUT2D eigenvalue weighted by molar-refractivity contribution is 0.338. The fourth-order valence-electron chi connectivity index (χ4n) is 1.92. The van der Waals surface area contributed by atoms with E-state index in [9.17, 15) is 8.42 Å². The van der Waals surface area contributed by atoms with Gasteiger partial charge in [-0.15, -0.1) is 0 Å². The zero-order chi connectivity index (χ0) is 15.5. The smallest absolute Gasteiger partial charge is 0.181 e. The van der Waals surface area contributed by atoms with Gasteiger partial charge in [-0.2, -0.15) is 0 Å². The minimum Gasteiger partial charge on any atom is -0.492 e. The van der Waals surface area contributed by atoms with Crippen LogP contribution in [0.1, 0.15) is 11.1 Å². The van der Waals surface area contributed by atoms with Crippen molar-refractivity contribution in [3.8, 4) is 5.75 Å². The van der Waals surface area contributed by atoms with Crippen molar-refractivity contribution in [2.75, 3.05) is 18.1 Å². The van der Waals surface area contributed by atoms with Gasteiger partial charge in [0.25, 0.3) is 0 Å². The predicted molar refractivity (Wildman–Crippen MR) is 84.3 cm³/mol. The highest BCUT2D eigenvalue weighted by atomic mass is 32.2. The molecule has 0 aliphatic heterocycles. The van der Waals surface area contributed by atoms with Gasteiger partial charge in [0.2, 0.25) is 0 Å². The van der Waals surface area contributed by atoms with Crippen LogP contribution in [0.5, 0.6) is 5.75 Å². The third-order valence-electron chi connectivity index (χ3n) is 3.19. The Balaban J connectivity index is 2.02. The largest absolute Gasteiger partial charge is 0.492 e. The maximum Gasteiger partial charge on any atom is 0.181 e. The van der Waals surface area contributed by atoms with Gasteiger partial charge in [0.15, 0.2) is 9.84 Å². The summed E-state index contributed by atoms with van der Waals surface area (Å²) in [6, 6.07) is 12.1. The number of nitrogen functional groups attached to an aromatic ring is 1. The summed E-state index contributed by atoms with van der Waals surface area (Å²) >= 11 is 0. The molecule has 21 heavy (non-hydrogen) atoms. The van der Waals surface area contributed by atoms with E-state index in [1.54, 1.807) is 12.1 Å². The van der Waals surface area contributed by atoms with E-state index in [4.69, 9.17) is 10.5 Å². The summed E-state index contributed by atoms with van der Waals surface area (Å²) in [7, 11) is -3.35. The summed E-state index contributed by atoms with van der Waals surface area (Å²) in [6.07, 6.45) is 0. The molecule has 0 fully saturated rings. The predicted octanol–water partition coefficient (Wildman–Crippen LogP) is 2.74. The summed E-state index contributed by atoms with van der Waals surface area (Å²) in [6.45, 7) is 4.03. The van der Waals surface area contributed by atoms with Crippen molar-refractivity contribution in [2.45, 2.75) is 18.7 Å². The second kappa shape index (κ2) is 6.18. The fraction of sp³-hybridized carbons (Fsp3) is 0.250. The van der Waals surface area contributed by atoms with Gasteiger partial charge in [-0.25, -0.2) is 8.42 Å². The molecule has 0 atom stereocenters. The number of nitrogens with two attached hydrogens (primary N) is 1. The van der Waals surface area contributed by atoms with Gasteiger partial charge in [-0.3, -0.25) is 0 Å². The van der Waals surface area contributed by atoms with Crippen molar-refractivity contribution in [2.24, 2.45) is 0 Å². The van der Waals surface area contributed by atoms with Crippen molar-refractivity contribution >= 4 is 15.5 Å². The maximum atomic E-state index is 12.2. The van der Waals surface area contributed by atoms with Crippen molar-refractivity contribution in [3.63, 3.8) is 0 Å². The first-order valence-electron chi connectivity index (χ1n) is 6.67. The number of hydrogen-bond donors (Lipinski definition) is 1. The fourth-order valence-corrected chi connectivity index (χ4v) is 3.01. The van der Waals surface area contributed by atoms with Crippen LogP contribution in [0.25, 0.3) is 0 Å². The van der Waals surface area contributed by atoms with Crippen LogP contribution < -0.4 is 10.5 Å². The van der Waals surface area contributed by atoms with E-state index >= 15 is 0 Å². The molecule has 0 radical (unpaired) electrons. The van der Waals surface area contributed by atoms with Crippen LogP contribution in [0.15, 0.2) is 47.4 Å². The summed E-state index contributed by atoms with van der Waals surface area (Å²) < 4.78 is 29.9. The molecule has 0 amide bonds. The average Bonchev–Trinajstić information content (AvgIpc) is 2.43. The van der Waals surface area contributed by atoms with E-state index in [2.05, 4.69) is 0 Å². The molecule has 2 aromatic rings. The second-order valence-corrected chi connectivity index (χ2v) is 7.11. The van der Waals surface area contributed by atoms with Gasteiger partial charge in [-0.05, 0) is 55.3 Å². The number of anilines is 1. The number of sulfone groups is 1. The lowest BCUT2D eigenvalue weighted by atomic mass is 10.1. The highest BCUT2D eigenvalue weighted by Gasteiger charge is 2.14. The Bertz CT molecular complexity index is 722. The van der Waals surface area contributed by atoms with Gasteiger partial charge in [0, 0.05) is 5.69 Å². The van der Waals surface area contributed by atoms with Crippen molar-refractivity contribution in [1.82, 2.24) is 0 Å². The van der Waals surface area contributed by atoms with Gasteiger partial charge in [0.1, 0.15) is 12.4 Å². The summed E-state index contributed by atoms with van der Waals surface area (Å²) in [4.78, 5) is 0.265. The Morgan fingerprint density at radius 3 is 2.38 bits per heavy atom. The van der Waals surface area contributed by atoms with Crippen LogP contribution >= 0.6 is 0 Å². The molecule has 2 rings (SSSR count). The van der Waals surface area contributed by atoms with Gasteiger partial charge >= 0.3 is 0 Å². The monoisotopic (exact) mass is 305 g/mol. The molecule has 0 aliphatic carbocycles. The summed E-state index contributed by atoms with van der Waals surface area (Å²) in [5.74, 6) is 0.659. The molecule has 0 heterocycles. The minimum atomic E-state index is -3.35. The molecule has 0 saturated heterocycles. The zero-order valence-electron chi connectivity index (χ0n) is 12.2. The van der Waals surface area contributed by atoms with Crippen molar-refractivity contribution < 1.29 is 13.2 Å². The maximum absolute atomic E-state index is 12.2. The molecule has 2 aromatic carbocycles. The first-order valence-corrected chi connectivity index (χ1v) is 8.32. The van der Waals surface area contributed by atoms with Gasteiger partial charge in [-0.1, -0.05) is 12.1 Å². The first kappa shape index (κ1) is 15.4. The lowest BCUT2D eigenvalue weighted by Gasteiger charge is -2.10. The quantitative estimate of drug-likeness (QED) is 0.862. The molecule has 0 spiro atoms. The highest BCUT2D eigenvalue weighted by Crippen LogP contribution is 2.20. The Morgan fingerprint density at radius 1 is 1.05 bits per heavy atom. The summed E-state index contributed by atoms with van der Waals surface area (Å²) in [5.41, 5.74) is 8.17. The van der Waals surface area contributed by atoms with E-state index in [-0.39, 0.29) is 17.3 Å². The molecule has 5 heteroatoms. The molecule has 0 bridgehead atoms. The SMILES string of the molecule is Cc1ccc(C)c(OCCS(=O)(=O)c2ccc(N)cc2)c1. The van der Waals surface area contributed by atoms with E-state index in [0.29, 0.717) is 5.69 Å². The van der Waals surface area contributed by atoms with E-state index in [1.165, 1.54) is 12.1 Å². The number of rotatable bonds is 5. The van der Waals surface area contributed by atoms with Crippen molar-refractivity contribution in [1.29, 1.82) is 0 Å². The second-order valence-electron chi connectivity index (χ2n) is 5.01. The van der Waals surface area contributed by atoms with E-state index in [1.807, 2.05) is 32.0 Å². The molecule has 0 aromatic heterocycles. The molecule has 0 aliphatic rings. The highest BCUT2D eigenvalue weighted by molar-refractivity contribution is 7.91. The van der Waals surface area contributed by atoms with E-state index in [0.717, 1.165) is 16.9 Å². The topological polar surface area (TPSA) is 69.4 Å². The molecule has 0 saturated carbocycles. The molecular weight excluding hydrogens is 286 g/mol.